The Bertz CT molecular complexity index is 629. The number of ether oxygens (including phenoxy) is 1. The molecule has 0 bridgehead atoms. The van der Waals surface area contributed by atoms with Crippen molar-refractivity contribution >= 4 is 11.3 Å². The van der Waals surface area contributed by atoms with Crippen molar-refractivity contribution in [1.82, 2.24) is 14.5 Å². The fourth-order valence-electron chi connectivity index (χ4n) is 3.75. The van der Waals surface area contributed by atoms with E-state index < -0.39 is 0 Å². The predicted molar refractivity (Wildman–Crippen MR) is 89.3 cm³/mol. The molecule has 0 unspecified atom stereocenters. The van der Waals surface area contributed by atoms with E-state index in [1.807, 2.05) is 6.20 Å². The molecule has 118 valence electrons. The Kier molecular flexibility index (Phi) is 4.03. The predicted octanol–water partition coefficient (Wildman–Crippen LogP) is 3.35. The van der Waals surface area contributed by atoms with Crippen molar-refractivity contribution in [2.24, 2.45) is 0 Å². The van der Waals surface area contributed by atoms with Gasteiger partial charge in [0.25, 0.3) is 0 Å². The summed E-state index contributed by atoms with van der Waals surface area (Å²) >= 11 is 1.78. The SMILES string of the molecule is Cc1ccsc1-c1nccn1[C@@H]1COC[C@H]1N1CCCCC1. The number of nitrogens with zero attached hydrogens (tertiary/aromatic N) is 3. The van der Waals surface area contributed by atoms with E-state index in [9.17, 15) is 0 Å². The van der Waals surface area contributed by atoms with Crippen LogP contribution in [-0.2, 0) is 4.74 Å². The van der Waals surface area contributed by atoms with Crippen LogP contribution >= 0.6 is 11.3 Å². The summed E-state index contributed by atoms with van der Waals surface area (Å²) in [5.41, 5.74) is 1.31. The monoisotopic (exact) mass is 317 g/mol. The van der Waals surface area contributed by atoms with Crippen LogP contribution < -0.4 is 0 Å². The number of hydrogen-bond acceptors (Lipinski definition) is 4. The van der Waals surface area contributed by atoms with Crippen LogP contribution in [0.4, 0.5) is 0 Å². The van der Waals surface area contributed by atoms with E-state index in [0.717, 1.165) is 19.0 Å². The maximum Gasteiger partial charge on any atom is 0.150 e. The summed E-state index contributed by atoms with van der Waals surface area (Å²) in [6, 6.07) is 3.05. The second-order valence-electron chi connectivity index (χ2n) is 6.36. The average Bonchev–Trinajstić information content (AvgIpc) is 3.27. The average molecular weight is 317 g/mol. The zero-order valence-corrected chi connectivity index (χ0v) is 13.9. The number of piperidine rings is 1. The van der Waals surface area contributed by atoms with Crippen molar-refractivity contribution in [3.63, 3.8) is 0 Å². The molecule has 2 aliphatic rings. The first-order valence-corrected chi connectivity index (χ1v) is 9.11. The zero-order chi connectivity index (χ0) is 14.9. The van der Waals surface area contributed by atoms with Gasteiger partial charge in [0.15, 0.2) is 5.82 Å². The Labute approximate surface area is 135 Å². The molecule has 0 aliphatic carbocycles. The number of aromatic nitrogens is 2. The first-order chi connectivity index (χ1) is 10.8. The highest BCUT2D eigenvalue weighted by atomic mass is 32.1. The molecule has 2 aliphatic heterocycles. The van der Waals surface area contributed by atoms with E-state index in [1.54, 1.807) is 11.3 Å². The van der Waals surface area contributed by atoms with Crippen LogP contribution in [0.5, 0.6) is 0 Å². The van der Waals surface area contributed by atoms with Crippen LogP contribution in [0.3, 0.4) is 0 Å². The fraction of sp³-hybridized carbons (Fsp3) is 0.588. The number of aryl methyl sites for hydroxylation is 1. The van der Waals surface area contributed by atoms with E-state index in [0.29, 0.717) is 12.1 Å². The van der Waals surface area contributed by atoms with E-state index >= 15 is 0 Å². The van der Waals surface area contributed by atoms with Gasteiger partial charge in [0.05, 0.1) is 30.2 Å². The summed E-state index contributed by atoms with van der Waals surface area (Å²) in [7, 11) is 0. The van der Waals surface area contributed by atoms with E-state index in [2.05, 4.69) is 39.0 Å². The van der Waals surface area contributed by atoms with Crippen molar-refractivity contribution in [3.05, 3.63) is 29.4 Å². The van der Waals surface area contributed by atoms with Gasteiger partial charge in [0, 0.05) is 12.4 Å². The maximum absolute atomic E-state index is 5.86. The molecule has 5 heteroatoms. The van der Waals surface area contributed by atoms with Crippen LogP contribution in [-0.4, -0.2) is 46.8 Å². The van der Waals surface area contributed by atoms with Crippen molar-refractivity contribution in [3.8, 4) is 10.7 Å². The standard InChI is InChI=1S/C17H23N3OS/c1-13-5-10-22-16(13)17-18-6-9-20(17)15-12-21-11-14(15)19-7-3-2-4-8-19/h5-6,9-10,14-15H,2-4,7-8,11-12H2,1H3/t14-,15-/m1/s1. The van der Waals surface area contributed by atoms with E-state index in [-0.39, 0.29) is 0 Å². The lowest BCUT2D eigenvalue weighted by Gasteiger charge is -2.35. The van der Waals surface area contributed by atoms with Crippen molar-refractivity contribution in [2.75, 3.05) is 26.3 Å². The molecule has 2 aromatic rings. The van der Waals surface area contributed by atoms with Gasteiger partial charge in [-0.3, -0.25) is 4.90 Å². The van der Waals surface area contributed by atoms with Gasteiger partial charge in [0.2, 0.25) is 0 Å². The molecule has 0 saturated carbocycles. The van der Waals surface area contributed by atoms with Gasteiger partial charge in [-0.15, -0.1) is 11.3 Å². The molecule has 2 fully saturated rings. The molecule has 0 amide bonds. The van der Waals surface area contributed by atoms with Crippen LogP contribution in [0.25, 0.3) is 10.7 Å². The molecular weight excluding hydrogens is 294 g/mol. The Morgan fingerprint density at radius 3 is 2.77 bits per heavy atom. The molecule has 4 nitrogen and oxygen atoms in total. The normalized spacial score (nSPS) is 26.6. The number of rotatable bonds is 3. The molecule has 4 heterocycles. The highest BCUT2D eigenvalue weighted by Crippen LogP contribution is 2.33. The summed E-state index contributed by atoms with van der Waals surface area (Å²) in [6.07, 6.45) is 8.08. The molecule has 0 spiro atoms. The van der Waals surface area contributed by atoms with Crippen LogP contribution in [0, 0.1) is 6.92 Å². The van der Waals surface area contributed by atoms with Crippen LogP contribution in [0.1, 0.15) is 30.9 Å². The molecule has 0 radical (unpaired) electrons. The van der Waals surface area contributed by atoms with Crippen LogP contribution in [0.15, 0.2) is 23.8 Å². The van der Waals surface area contributed by atoms with Crippen molar-refractivity contribution < 1.29 is 4.74 Å². The van der Waals surface area contributed by atoms with Gasteiger partial charge in [-0.1, -0.05) is 6.42 Å². The Balaban J connectivity index is 1.64. The zero-order valence-electron chi connectivity index (χ0n) is 13.1. The summed E-state index contributed by atoms with van der Waals surface area (Å²) in [5.74, 6) is 1.10. The first-order valence-electron chi connectivity index (χ1n) is 8.23. The third-order valence-corrected chi connectivity index (χ3v) is 5.98. The smallest absolute Gasteiger partial charge is 0.150 e. The molecule has 2 saturated heterocycles. The molecule has 0 aromatic carbocycles. The van der Waals surface area contributed by atoms with Gasteiger partial charge in [-0.25, -0.2) is 4.98 Å². The topological polar surface area (TPSA) is 30.3 Å². The number of thiophene rings is 1. The summed E-state index contributed by atoms with van der Waals surface area (Å²) in [6.45, 7) is 6.25. The highest BCUT2D eigenvalue weighted by Gasteiger charge is 2.36. The number of likely N-dealkylation sites (tertiary alicyclic amines) is 1. The third kappa shape index (κ3) is 2.51. The second-order valence-corrected chi connectivity index (χ2v) is 7.28. The lowest BCUT2D eigenvalue weighted by atomic mass is 10.0. The maximum atomic E-state index is 5.86. The van der Waals surface area contributed by atoms with Gasteiger partial charge >= 0.3 is 0 Å². The Morgan fingerprint density at radius 1 is 1.18 bits per heavy atom. The molecular formula is C17H23N3OS. The summed E-state index contributed by atoms with van der Waals surface area (Å²) < 4.78 is 8.21. The van der Waals surface area contributed by atoms with Gasteiger partial charge in [-0.2, -0.15) is 0 Å². The molecule has 4 rings (SSSR count). The third-order valence-electron chi connectivity index (χ3n) is 4.97. The largest absolute Gasteiger partial charge is 0.378 e. The van der Waals surface area contributed by atoms with Crippen LogP contribution in [0.2, 0.25) is 0 Å². The van der Waals surface area contributed by atoms with E-state index in [4.69, 9.17) is 4.74 Å². The van der Waals surface area contributed by atoms with E-state index in [1.165, 1.54) is 42.8 Å². The van der Waals surface area contributed by atoms with Gasteiger partial charge in [0.1, 0.15) is 0 Å². The van der Waals surface area contributed by atoms with Crippen molar-refractivity contribution in [1.29, 1.82) is 0 Å². The number of imidazole rings is 1. The summed E-state index contributed by atoms with van der Waals surface area (Å²) in [5, 5.41) is 2.15. The molecule has 2 atom stereocenters. The lowest BCUT2D eigenvalue weighted by Crippen LogP contribution is -2.44. The first kappa shape index (κ1) is 14.4. The lowest BCUT2D eigenvalue weighted by molar-refractivity contribution is 0.122. The van der Waals surface area contributed by atoms with Gasteiger partial charge in [-0.05, 0) is 49.9 Å². The second kappa shape index (κ2) is 6.14. The molecule has 22 heavy (non-hydrogen) atoms. The summed E-state index contributed by atoms with van der Waals surface area (Å²) in [4.78, 5) is 8.56. The minimum Gasteiger partial charge on any atom is -0.378 e. The fourth-order valence-corrected chi connectivity index (χ4v) is 4.68. The molecule has 2 aromatic heterocycles. The minimum atomic E-state index is 0.386. The quantitative estimate of drug-likeness (QED) is 0.870. The Morgan fingerprint density at radius 2 is 2.00 bits per heavy atom. The molecule has 0 N–H and O–H groups in total. The minimum absolute atomic E-state index is 0.386. The van der Waals surface area contributed by atoms with Crippen molar-refractivity contribution in [2.45, 2.75) is 38.3 Å². The highest BCUT2D eigenvalue weighted by molar-refractivity contribution is 7.13. The Hall–Kier alpha value is -1.17. The van der Waals surface area contributed by atoms with Gasteiger partial charge < -0.3 is 9.30 Å². The number of hydrogen-bond donors (Lipinski definition) is 0.